The molecule has 8 heteroatoms. The number of ether oxygens (including phenoxy) is 2. The number of hydrogen-bond donors (Lipinski definition) is 1. The van der Waals surface area contributed by atoms with Gasteiger partial charge in [-0.15, -0.1) is 0 Å². The fourth-order valence-corrected chi connectivity index (χ4v) is 4.14. The summed E-state index contributed by atoms with van der Waals surface area (Å²) in [6.45, 7) is 5.77. The summed E-state index contributed by atoms with van der Waals surface area (Å²) in [5, 5.41) is 2.93. The summed E-state index contributed by atoms with van der Waals surface area (Å²) in [5.74, 6) is 1.10. The first-order valence-electron chi connectivity index (χ1n) is 10.2. The van der Waals surface area contributed by atoms with Gasteiger partial charge in [-0.3, -0.25) is 9.10 Å². The summed E-state index contributed by atoms with van der Waals surface area (Å²) in [6.07, 6.45) is 1.73. The van der Waals surface area contributed by atoms with Crippen LogP contribution in [0, 0.1) is 0 Å². The van der Waals surface area contributed by atoms with Crippen LogP contribution < -0.4 is 19.1 Å². The van der Waals surface area contributed by atoms with Crippen molar-refractivity contribution in [3.8, 4) is 11.5 Å². The fourth-order valence-electron chi connectivity index (χ4n) is 3.29. The summed E-state index contributed by atoms with van der Waals surface area (Å²) in [5.41, 5.74) is 2.41. The largest absolute Gasteiger partial charge is 0.493 e. The average molecular weight is 449 g/mol. The fraction of sp³-hybridized carbons (Fsp3) is 0.435. The minimum Gasteiger partial charge on any atom is -0.493 e. The van der Waals surface area contributed by atoms with Crippen molar-refractivity contribution in [3.63, 3.8) is 0 Å². The number of sulfonamides is 1. The van der Waals surface area contributed by atoms with Crippen molar-refractivity contribution in [1.82, 2.24) is 5.32 Å². The van der Waals surface area contributed by atoms with Gasteiger partial charge in [0.05, 0.1) is 32.2 Å². The Hall–Kier alpha value is -2.74. The maximum absolute atomic E-state index is 12.8. The van der Waals surface area contributed by atoms with Crippen LogP contribution in [0.5, 0.6) is 11.5 Å². The highest BCUT2D eigenvalue weighted by Crippen LogP contribution is 2.31. The lowest BCUT2D eigenvalue weighted by molar-refractivity contribution is -0.120. The van der Waals surface area contributed by atoms with Crippen LogP contribution in [-0.4, -0.2) is 41.3 Å². The second-order valence-corrected chi connectivity index (χ2v) is 9.57. The quantitative estimate of drug-likeness (QED) is 0.597. The van der Waals surface area contributed by atoms with Gasteiger partial charge >= 0.3 is 0 Å². The minimum absolute atomic E-state index is 0.294. The van der Waals surface area contributed by atoms with Crippen LogP contribution in [0.1, 0.15) is 50.3 Å². The van der Waals surface area contributed by atoms with E-state index in [1.54, 1.807) is 32.4 Å². The molecule has 0 saturated heterocycles. The Labute approximate surface area is 185 Å². The Morgan fingerprint density at radius 3 is 2.06 bits per heavy atom. The highest BCUT2D eigenvalue weighted by Gasteiger charge is 2.23. The van der Waals surface area contributed by atoms with E-state index in [2.05, 4.69) is 19.2 Å². The van der Waals surface area contributed by atoms with Gasteiger partial charge in [0.25, 0.3) is 0 Å². The average Bonchev–Trinajstić information content (AvgIpc) is 2.74. The lowest BCUT2D eigenvalue weighted by Crippen LogP contribution is -2.41. The van der Waals surface area contributed by atoms with Crippen LogP contribution in [0.4, 0.5) is 5.69 Å². The highest BCUT2D eigenvalue weighted by atomic mass is 32.2. The van der Waals surface area contributed by atoms with Crippen molar-refractivity contribution in [2.45, 2.75) is 39.2 Å². The molecule has 0 fully saturated rings. The van der Waals surface area contributed by atoms with Crippen molar-refractivity contribution < 1.29 is 22.7 Å². The van der Waals surface area contributed by atoms with E-state index in [1.165, 1.54) is 0 Å². The van der Waals surface area contributed by atoms with Gasteiger partial charge in [0.2, 0.25) is 15.9 Å². The van der Waals surface area contributed by atoms with Gasteiger partial charge in [-0.2, -0.15) is 0 Å². The molecular weight excluding hydrogens is 416 g/mol. The zero-order valence-electron chi connectivity index (χ0n) is 19.0. The lowest BCUT2D eigenvalue weighted by atomic mass is 10.0. The van der Waals surface area contributed by atoms with Crippen LogP contribution in [0.15, 0.2) is 42.5 Å². The van der Waals surface area contributed by atoms with Gasteiger partial charge in [-0.25, -0.2) is 8.42 Å². The summed E-state index contributed by atoms with van der Waals surface area (Å²) in [4.78, 5) is 12.8. The molecule has 0 aliphatic carbocycles. The van der Waals surface area contributed by atoms with Crippen LogP contribution in [0.2, 0.25) is 0 Å². The Kier molecular flexibility index (Phi) is 8.33. The number of rotatable bonds is 10. The normalized spacial score (nSPS) is 12.4. The second-order valence-electron chi connectivity index (χ2n) is 7.66. The van der Waals surface area contributed by atoms with Gasteiger partial charge in [-0.1, -0.05) is 39.0 Å². The van der Waals surface area contributed by atoms with Crippen LogP contribution in [-0.2, 0) is 14.8 Å². The van der Waals surface area contributed by atoms with Crippen molar-refractivity contribution in [1.29, 1.82) is 0 Å². The number of carbonyl (C=O) groups is 1. The first-order chi connectivity index (χ1) is 14.6. The topological polar surface area (TPSA) is 84.9 Å². The van der Waals surface area contributed by atoms with Gasteiger partial charge in [0.15, 0.2) is 11.5 Å². The van der Waals surface area contributed by atoms with E-state index in [9.17, 15) is 13.2 Å². The molecule has 0 aliphatic rings. The zero-order valence-corrected chi connectivity index (χ0v) is 19.8. The van der Waals surface area contributed by atoms with E-state index in [4.69, 9.17) is 9.47 Å². The van der Waals surface area contributed by atoms with Gasteiger partial charge in [0, 0.05) is 0 Å². The molecule has 170 valence electrons. The third kappa shape index (κ3) is 6.37. The Morgan fingerprint density at radius 2 is 1.58 bits per heavy atom. The number of benzene rings is 2. The van der Waals surface area contributed by atoms with Crippen LogP contribution >= 0.6 is 0 Å². The first kappa shape index (κ1) is 24.5. The summed E-state index contributed by atoms with van der Waals surface area (Å²) in [6, 6.07) is 12.4. The summed E-state index contributed by atoms with van der Waals surface area (Å²) >= 11 is 0. The van der Waals surface area contributed by atoms with E-state index in [0.29, 0.717) is 29.5 Å². The predicted molar refractivity (Wildman–Crippen MR) is 123 cm³/mol. The molecule has 0 heterocycles. The number of anilines is 1. The molecule has 0 radical (unpaired) electrons. The number of methoxy groups -OCH3 is 2. The van der Waals surface area contributed by atoms with Gasteiger partial charge in [-0.05, 0) is 47.7 Å². The second kappa shape index (κ2) is 10.5. The van der Waals surface area contributed by atoms with Crippen molar-refractivity contribution >= 4 is 21.6 Å². The number of nitrogens with zero attached hydrogens (tertiary/aromatic N) is 1. The predicted octanol–water partition coefficient (Wildman–Crippen LogP) is 3.86. The smallest absolute Gasteiger partial charge is 0.241 e. The molecule has 0 spiro atoms. The minimum atomic E-state index is -3.64. The first-order valence-corrected chi connectivity index (χ1v) is 12.0. The molecule has 1 N–H and O–H groups in total. The molecule has 0 aromatic heterocycles. The van der Waals surface area contributed by atoms with E-state index in [-0.39, 0.29) is 18.5 Å². The van der Waals surface area contributed by atoms with E-state index >= 15 is 0 Å². The maximum atomic E-state index is 12.8. The molecule has 7 nitrogen and oxygen atoms in total. The SMILES string of the molecule is CCC(NC(=O)CN(c1ccc(C(C)C)cc1)S(C)(=O)=O)c1ccc(OC)c(OC)c1. The van der Waals surface area contributed by atoms with E-state index < -0.39 is 10.0 Å². The molecule has 31 heavy (non-hydrogen) atoms. The number of hydrogen-bond acceptors (Lipinski definition) is 5. The third-order valence-electron chi connectivity index (χ3n) is 5.09. The summed E-state index contributed by atoms with van der Waals surface area (Å²) in [7, 11) is -0.526. The highest BCUT2D eigenvalue weighted by molar-refractivity contribution is 7.92. The molecule has 0 saturated carbocycles. The maximum Gasteiger partial charge on any atom is 0.241 e. The van der Waals surface area contributed by atoms with Crippen LogP contribution in [0.25, 0.3) is 0 Å². The van der Waals surface area contributed by atoms with Crippen molar-refractivity contribution in [3.05, 3.63) is 53.6 Å². The number of nitrogens with one attached hydrogen (secondary N) is 1. The van der Waals surface area contributed by atoms with Gasteiger partial charge in [0.1, 0.15) is 6.54 Å². The molecular formula is C23H32N2O5S. The summed E-state index contributed by atoms with van der Waals surface area (Å²) < 4.78 is 36.5. The number of carbonyl (C=O) groups excluding carboxylic acids is 1. The van der Waals surface area contributed by atoms with Gasteiger partial charge < -0.3 is 14.8 Å². The molecule has 1 amide bonds. The van der Waals surface area contributed by atoms with E-state index in [0.717, 1.165) is 21.7 Å². The molecule has 0 aliphatic heterocycles. The molecule has 1 atom stereocenters. The number of amides is 1. The third-order valence-corrected chi connectivity index (χ3v) is 6.23. The zero-order chi connectivity index (χ0) is 23.2. The molecule has 2 aromatic carbocycles. The monoisotopic (exact) mass is 448 g/mol. The lowest BCUT2D eigenvalue weighted by Gasteiger charge is -2.24. The standard InChI is InChI=1S/C23H32N2O5S/c1-7-20(18-10-13-21(29-4)22(14-18)30-5)24-23(26)15-25(31(6,27)28)19-11-8-17(9-12-19)16(2)3/h8-14,16,20H,7,15H2,1-6H3,(H,24,26). The molecule has 2 rings (SSSR count). The Morgan fingerprint density at radius 1 is 1.00 bits per heavy atom. The van der Waals surface area contributed by atoms with Crippen molar-refractivity contribution in [2.24, 2.45) is 0 Å². The van der Waals surface area contributed by atoms with Crippen LogP contribution in [0.3, 0.4) is 0 Å². The molecule has 2 aromatic rings. The van der Waals surface area contributed by atoms with E-state index in [1.807, 2.05) is 31.2 Å². The Bertz CT molecular complexity index is 988. The Balaban J connectivity index is 2.21. The molecule has 0 bridgehead atoms. The molecule has 1 unspecified atom stereocenters. The van der Waals surface area contributed by atoms with Crippen molar-refractivity contribution in [2.75, 3.05) is 31.3 Å².